The normalized spacial score (nSPS) is 24.5. The maximum absolute atomic E-state index is 6.18. The minimum absolute atomic E-state index is 0.230. The molecule has 2 aromatic carbocycles. The highest BCUT2D eigenvalue weighted by Gasteiger charge is 2.42. The van der Waals surface area contributed by atoms with Crippen molar-refractivity contribution in [3.8, 4) is 0 Å². The molecule has 1 heterocycles. The molecular weight excluding hydrogens is 316 g/mol. The van der Waals surface area contributed by atoms with Gasteiger partial charge in [-0.05, 0) is 42.5 Å². The van der Waals surface area contributed by atoms with Crippen LogP contribution in [0.15, 0.2) is 48.5 Å². The number of fused-ring (bicyclic) bond motifs is 1. The minimum Gasteiger partial charge on any atom is -0.399 e. The third kappa shape index (κ3) is 3.22. The molecule has 0 bridgehead atoms. The van der Waals surface area contributed by atoms with Crippen molar-refractivity contribution in [3.05, 3.63) is 59.7 Å². The first kappa shape index (κ1) is 17.5. The first-order chi connectivity index (χ1) is 12.6. The maximum atomic E-state index is 6.18. The summed E-state index contributed by atoms with van der Waals surface area (Å²) in [4.78, 5) is 2.59. The average Bonchev–Trinajstić information content (AvgIpc) is 2.94. The molecule has 2 aliphatic rings. The van der Waals surface area contributed by atoms with Crippen LogP contribution in [-0.4, -0.2) is 6.54 Å². The van der Waals surface area contributed by atoms with Crippen molar-refractivity contribution >= 4 is 11.4 Å². The van der Waals surface area contributed by atoms with E-state index in [0.29, 0.717) is 6.04 Å². The largest absolute Gasteiger partial charge is 0.399 e. The SMILES string of the molecule is CC(c1ccccc1)N1CC(C)(CC2CCCCC2)c2ccc(N)cc21. The molecule has 26 heavy (non-hydrogen) atoms. The molecular formula is C24H32N2. The molecule has 2 heteroatoms. The summed E-state index contributed by atoms with van der Waals surface area (Å²) in [6, 6.07) is 17.8. The molecule has 0 radical (unpaired) electrons. The lowest BCUT2D eigenvalue weighted by Crippen LogP contribution is -2.34. The number of hydrogen-bond donors (Lipinski definition) is 1. The molecule has 1 aliphatic carbocycles. The van der Waals surface area contributed by atoms with E-state index in [1.54, 1.807) is 0 Å². The first-order valence-corrected chi connectivity index (χ1v) is 10.3. The second-order valence-corrected chi connectivity index (χ2v) is 8.76. The van der Waals surface area contributed by atoms with E-state index in [0.717, 1.165) is 18.2 Å². The van der Waals surface area contributed by atoms with Gasteiger partial charge in [0.15, 0.2) is 0 Å². The molecule has 1 aliphatic heterocycles. The molecule has 4 rings (SSSR count). The second-order valence-electron chi connectivity index (χ2n) is 8.76. The molecule has 0 aromatic heterocycles. The van der Waals surface area contributed by atoms with Gasteiger partial charge >= 0.3 is 0 Å². The van der Waals surface area contributed by atoms with E-state index in [2.05, 4.69) is 67.3 Å². The van der Waals surface area contributed by atoms with Crippen LogP contribution in [0.25, 0.3) is 0 Å². The Morgan fingerprint density at radius 1 is 1.08 bits per heavy atom. The van der Waals surface area contributed by atoms with Crippen LogP contribution < -0.4 is 10.6 Å². The van der Waals surface area contributed by atoms with Gasteiger partial charge in [0.25, 0.3) is 0 Å². The van der Waals surface area contributed by atoms with Gasteiger partial charge in [-0.15, -0.1) is 0 Å². The van der Waals surface area contributed by atoms with Crippen molar-refractivity contribution in [2.45, 2.75) is 63.8 Å². The number of nitrogen functional groups attached to an aromatic ring is 1. The predicted octanol–water partition coefficient (Wildman–Crippen LogP) is 6.08. The quantitative estimate of drug-likeness (QED) is 0.679. The molecule has 1 fully saturated rings. The van der Waals surface area contributed by atoms with Gasteiger partial charge in [-0.3, -0.25) is 0 Å². The van der Waals surface area contributed by atoms with Gasteiger partial charge in [0, 0.05) is 23.3 Å². The maximum Gasteiger partial charge on any atom is 0.0514 e. The minimum atomic E-state index is 0.230. The number of hydrogen-bond acceptors (Lipinski definition) is 2. The highest BCUT2D eigenvalue weighted by atomic mass is 15.2. The lowest BCUT2D eigenvalue weighted by Gasteiger charge is -2.34. The van der Waals surface area contributed by atoms with Crippen molar-refractivity contribution < 1.29 is 0 Å². The van der Waals surface area contributed by atoms with E-state index < -0.39 is 0 Å². The Bertz CT molecular complexity index is 748. The van der Waals surface area contributed by atoms with E-state index in [-0.39, 0.29) is 5.41 Å². The monoisotopic (exact) mass is 348 g/mol. The van der Waals surface area contributed by atoms with Gasteiger partial charge in [-0.2, -0.15) is 0 Å². The standard InChI is InChI=1S/C24H32N2/c1-18(20-11-7-4-8-12-20)26-17-24(2,16-19-9-5-3-6-10-19)22-14-13-21(25)15-23(22)26/h4,7-8,11-15,18-19H,3,5-6,9-10,16-17,25H2,1-2H3. The van der Waals surface area contributed by atoms with Crippen LogP contribution in [0.4, 0.5) is 11.4 Å². The summed E-state index contributed by atoms with van der Waals surface area (Å²) in [7, 11) is 0. The third-order valence-electron chi connectivity index (χ3n) is 6.71. The number of nitrogens with zero attached hydrogens (tertiary/aromatic N) is 1. The zero-order valence-corrected chi connectivity index (χ0v) is 16.2. The summed E-state index contributed by atoms with van der Waals surface area (Å²) >= 11 is 0. The van der Waals surface area contributed by atoms with Crippen LogP contribution in [0, 0.1) is 5.92 Å². The van der Waals surface area contributed by atoms with Crippen molar-refractivity contribution in [3.63, 3.8) is 0 Å². The van der Waals surface area contributed by atoms with E-state index in [1.165, 1.54) is 55.3 Å². The van der Waals surface area contributed by atoms with Gasteiger partial charge in [-0.1, -0.05) is 75.4 Å². The van der Waals surface area contributed by atoms with Crippen molar-refractivity contribution in [1.29, 1.82) is 0 Å². The molecule has 138 valence electrons. The number of benzene rings is 2. The van der Waals surface area contributed by atoms with Gasteiger partial charge in [0.1, 0.15) is 0 Å². The summed E-state index contributed by atoms with van der Waals surface area (Å²) in [5, 5.41) is 0. The molecule has 0 amide bonds. The van der Waals surface area contributed by atoms with Gasteiger partial charge in [0.2, 0.25) is 0 Å². The highest BCUT2D eigenvalue weighted by Crippen LogP contribution is 2.49. The average molecular weight is 349 g/mol. The van der Waals surface area contributed by atoms with E-state index in [1.807, 2.05) is 0 Å². The number of anilines is 2. The number of nitrogens with two attached hydrogens (primary N) is 1. The first-order valence-electron chi connectivity index (χ1n) is 10.3. The van der Waals surface area contributed by atoms with E-state index in [9.17, 15) is 0 Å². The molecule has 2 aromatic rings. The van der Waals surface area contributed by atoms with E-state index in [4.69, 9.17) is 5.73 Å². The van der Waals surface area contributed by atoms with Gasteiger partial charge < -0.3 is 10.6 Å². The Kier molecular flexibility index (Phi) is 4.69. The molecule has 2 N–H and O–H groups in total. The molecule has 0 spiro atoms. The fourth-order valence-electron chi connectivity index (χ4n) is 5.30. The molecule has 2 atom stereocenters. The Morgan fingerprint density at radius 3 is 2.54 bits per heavy atom. The summed E-state index contributed by atoms with van der Waals surface area (Å²) in [5.74, 6) is 0.881. The summed E-state index contributed by atoms with van der Waals surface area (Å²) in [6.07, 6.45) is 8.39. The van der Waals surface area contributed by atoms with Gasteiger partial charge in [0.05, 0.1) is 6.04 Å². The third-order valence-corrected chi connectivity index (χ3v) is 6.71. The fraction of sp³-hybridized carbons (Fsp3) is 0.500. The Balaban J connectivity index is 1.66. The molecule has 2 nitrogen and oxygen atoms in total. The molecule has 0 saturated heterocycles. The predicted molar refractivity (Wildman–Crippen MR) is 112 cm³/mol. The van der Waals surface area contributed by atoms with Crippen LogP contribution >= 0.6 is 0 Å². The van der Waals surface area contributed by atoms with Gasteiger partial charge in [-0.25, -0.2) is 0 Å². The van der Waals surface area contributed by atoms with Crippen molar-refractivity contribution in [2.75, 3.05) is 17.2 Å². The topological polar surface area (TPSA) is 29.3 Å². The highest BCUT2D eigenvalue weighted by molar-refractivity contribution is 5.68. The Hall–Kier alpha value is -1.96. The van der Waals surface area contributed by atoms with Crippen molar-refractivity contribution in [2.24, 2.45) is 5.92 Å². The fourth-order valence-corrected chi connectivity index (χ4v) is 5.30. The Labute approximate surface area is 158 Å². The summed E-state index contributed by atoms with van der Waals surface area (Å²) < 4.78 is 0. The number of rotatable bonds is 4. The molecule has 2 unspecified atom stereocenters. The Morgan fingerprint density at radius 2 is 1.81 bits per heavy atom. The van der Waals surface area contributed by atoms with Crippen LogP contribution in [0.2, 0.25) is 0 Å². The van der Waals surface area contributed by atoms with Crippen LogP contribution in [-0.2, 0) is 5.41 Å². The second kappa shape index (κ2) is 6.98. The summed E-state index contributed by atoms with van der Waals surface area (Å²) in [6.45, 7) is 5.90. The van der Waals surface area contributed by atoms with E-state index >= 15 is 0 Å². The zero-order valence-electron chi connectivity index (χ0n) is 16.2. The summed E-state index contributed by atoms with van der Waals surface area (Å²) in [5.41, 5.74) is 11.5. The lowest BCUT2D eigenvalue weighted by atomic mass is 9.73. The zero-order chi connectivity index (χ0) is 18.1. The van der Waals surface area contributed by atoms with Crippen LogP contribution in [0.3, 0.4) is 0 Å². The van der Waals surface area contributed by atoms with Crippen LogP contribution in [0.5, 0.6) is 0 Å². The lowest BCUT2D eigenvalue weighted by molar-refractivity contribution is 0.275. The molecule has 1 saturated carbocycles. The smallest absolute Gasteiger partial charge is 0.0514 e. The van der Waals surface area contributed by atoms with Crippen LogP contribution in [0.1, 0.15) is 69.5 Å². The van der Waals surface area contributed by atoms with Crippen molar-refractivity contribution in [1.82, 2.24) is 0 Å².